The summed E-state index contributed by atoms with van der Waals surface area (Å²) in [5, 5.41) is 10.9. The molecule has 0 bridgehead atoms. The number of rotatable bonds is 7. The molecule has 1 saturated heterocycles. The van der Waals surface area contributed by atoms with Crippen LogP contribution in [0.4, 0.5) is 10.2 Å². The van der Waals surface area contributed by atoms with Crippen LogP contribution in [0.1, 0.15) is 43.7 Å². The van der Waals surface area contributed by atoms with Crippen LogP contribution < -0.4 is 64.4 Å². The summed E-state index contributed by atoms with van der Waals surface area (Å²) in [7, 11) is 2.17. The van der Waals surface area contributed by atoms with Crippen molar-refractivity contribution < 1.29 is 63.5 Å². The predicted octanol–water partition coefficient (Wildman–Crippen LogP) is -0.116. The summed E-state index contributed by atoms with van der Waals surface area (Å²) >= 11 is 0. The Balaban J connectivity index is 0.000000540. The van der Waals surface area contributed by atoms with Gasteiger partial charge in [0.25, 0.3) is 0 Å². The minimum Gasteiger partial charge on any atom is -0.480 e. The van der Waals surface area contributed by atoms with Gasteiger partial charge in [0.2, 0.25) is 5.95 Å². The van der Waals surface area contributed by atoms with Gasteiger partial charge in [-0.25, -0.2) is 4.98 Å². The van der Waals surface area contributed by atoms with Crippen molar-refractivity contribution in [1.82, 2.24) is 30.2 Å². The summed E-state index contributed by atoms with van der Waals surface area (Å²) in [6, 6.07) is 14.5. The monoisotopic (exact) mass is 524 g/mol. The third-order valence-electron chi connectivity index (χ3n) is 5.52. The van der Waals surface area contributed by atoms with E-state index in [9.17, 15) is 4.39 Å². The number of benzene rings is 1. The fourth-order valence-electron chi connectivity index (χ4n) is 3.61. The second-order valence-electron chi connectivity index (χ2n) is 8.61. The van der Waals surface area contributed by atoms with Gasteiger partial charge in [-0.2, -0.15) is 9.49 Å². The SMILES string of the molecule is C=C(NCc1ccccc1)C1CCCN1C.C=CCn1ncc([NH-])n1.CC(C)c1cccnc1F.[Na+].[Na+]. The van der Waals surface area contributed by atoms with Crippen molar-refractivity contribution in [2.24, 2.45) is 0 Å². The minimum atomic E-state index is -0.350. The molecule has 37 heavy (non-hydrogen) atoms. The maximum atomic E-state index is 12.7. The fourth-order valence-corrected chi connectivity index (χ4v) is 3.61. The zero-order chi connectivity index (χ0) is 25.6. The molecule has 0 spiro atoms. The number of likely N-dealkylation sites (tertiary alicyclic amines) is 1. The minimum absolute atomic E-state index is 0. The molecular formula is C27H37FN7Na2+. The van der Waals surface area contributed by atoms with E-state index in [1.165, 1.54) is 42.1 Å². The summed E-state index contributed by atoms with van der Waals surface area (Å²) < 4.78 is 12.7. The first-order valence-electron chi connectivity index (χ1n) is 11.8. The summed E-state index contributed by atoms with van der Waals surface area (Å²) in [5.41, 5.74) is 10.1. The topological polar surface area (TPSA) is 82.7 Å². The first-order chi connectivity index (χ1) is 16.8. The Morgan fingerprint density at radius 1 is 1.22 bits per heavy atom. The van der Waals surface area contributed by atoms with E-state index in [0.29, 0.717) is 18.2 Å². The largest absolute Gasteiger partial charge is 1.00 e. The molecule has 1 unspecified atom stereocenters. The number of hydrogen-bond acceptors (Lipinski definition) is 5. The van der Waals surface area contributed by atoms with E-state index in [-0.39, 0.29) is 76.8 Å². The molecule has 7 nitrogen and oxygen atoms in total. The van der Waals surface area contributed by atoms with Crippen LogP contribution in [0, 0.1) is 5.95 Å². The van der Waals surface area contributed by atoms with Gasteiger partial charge in [0.15, 0.2) is 0 Å². The molecule has 10 heteroatoms. The average Bonchev–Trinajstić information content (AvgIpc) is 3.47. The number of halogens is 1. The molecular weight excluding hydrogens is 487 g/mol. The Bertz CT molecular complexity index is 1040. The fraction of sp³-hybridized carbons (Fsp3) is 0.370. The van der Waals surface area contributed by atoms with Gasteiger partial charge in [0, 0.05) is 36.2 Å². The predicted molar refractivity (Wildman–Crippen MR) is 141 cm³/mol. The van der Waals surface area contributed by atoms with Crippen LogP contribution in [0.2, 0.25) is 0 Å². The van der Waals surface area contributed by atoms with E-state index in [2.05, 4.69) is 69.9 Å². The van der Waals surface area contributed by atoms with Crippen LogP contribution in [0.5, 0.6) is 0 Å². The number of likely N-dealkylation sites (N-methyl/N-ethyl adjacent to an activating group) is 1. The third-order valence-corrected chi connectivity index (χ3v) is 5.52. The molecule has 0 saturated carbocycles. The van der Waals surface area contributed by atoms with Crippen molar-refractivity contribution in [3.63, 3.8) is 0 Å². The number of pyridine rings is 1. The number of nitrogens with zero attached hydrogens (tertiary/aromatic N) is 5. The number of hydrogen-bond donors (Lipinski definition) is 1. The molecule has 1 atom stereocenters. The maximum Gasteiger partial charge on any atom is 1.00 e. The van der Waals surface area contributed by atoms with Gasteiger partial charge in [-0.1, -0.05) is 62.9 Å². The second-order valence-corrected chi connectivity index (χ2v) is 8.61. The second kappa shape index (κ2) is 19.5. The zero-order valence-electron chi connectivity index (χ0n) is 23.0. The van der Waals surface area contributed by atoms with Crippen LogP contribution in [0.3, 0.4) is 0 Å². The Morgan fingerprint density at radius 3 is 2.41 bits per heavy atom. The molecule has 1 fully saturated rings. The maximum absolute atomic E-state index is 12.7. The zero-order valence-corrected chi connectivity index (χ0v) is 27.0. The Morgan fingerprint density at radius 2 is 1.92 bits per heavy atom. The van der Waals surface area contributed by atoms with Crippen LogP contribution >= 0.6 is 0 Å². The number of nitrogens with one attached hydrogen (secondary N) is 2. The van der Waals surface area contributed by atoms with Crippen molar-refractivity contribution in [3.05, 3.63) is 103 Å². The molecule has 0 amide bonds. The first kappa shape index (κ1) is 35.5. The molecule has 1 aromatic carbocycles. The normalized spacial score (nSPS) is 14.1. The van der Waals surface area contributed by atoms with E-state index in [1.54, 1.807) is 18.2 Å². The summed E-state index contributed by atoms with van der Waals surface area (Å²) in [6.45, 7) is 14.2. The average molecular weight is 525 g/mol. The van der Waals surface area contributed by atoms with Crippen molar-refractivity contribution in [1.29, 1.82) is 0 Å². The Hall–Kier alpha value is -1.52. The van der Waals surface area contributed by atoms with Gasteiger partial charge in [0.05, 0.1) is 6.54 Å². The molecule has 188 valence electrons. The van der Waals surface area contributed by atoms with Crippen molar-refractivity contribution in [2.75, 3.05) is 13.6 Å². The number of allylic oxidation sites excluding steroid dienone is 1. The third kappa shape index (κ3) is 13.2. The van der Waals surface area contributed by atoms with Gasteiger partial charge in [-0.05, 0) is 49.8 Å². The van der Waals surface area contributed by atoms with Gasteiger partial charge < -0.3 is 16.1 Å². The van der Waals surface area contributed by atoms with Crippen LogP contribution in [-0.4, -0.2) is 44.5 Å². The van der Waals surface area contributed by atoms with Gasteiger partial charge in [-0.3, -0.25) is 9.70 Å². The number of aromatic nitrogens is 4. The van der Waals surface area contributed by atoms with Crippen LogP contribution in [0.15, 0.2) is 79.8 Å². The van der Waals surface area contributed by atoms with E-state index >= 15 is 0 Å². The van der Waals surface area contributed by atoms with E-state index < -0.39 is 0 Å². The van der Waals surface area contributed by atoms with Gasteiger partial charge >= 0.3 is 59.1 Å². The molecule has 1 aliphatic heterocycles. The molecule has 0 radical (unpaired) electrons. The molecule has 3 heterocycles. The molecule has 2 N–H and O–H groups in total. The Kier molecular flexibility index (Phi) is 18.7. The quantitative estimate of drug-likeness (QED) is 0.265. The van der Waals surface area contributed by atoms with Crippen molar-refractivity contribution in [2.45, 2.75) is 51.7 Å². The molecule has 2 aromatic heterocycles. The molecule has 3 aromatic rings. The van der Waals surface area contributed by atoms with Crippen molar-refractivity contribution in [3.8, 4) is 0 Å². The summed E-state index contributed by atoms with van der Waals surface area (Å²) in [4.78, 5) is 7.32. The Labute approximate surface area is 265 Å². The molecule has 0 aliphatic carbocycles. The summed E-state index contributed by atoms with van der Waals surface area (Å²) in [5.74, 6) is 0.0584. The van der Waals surface area contributed by atoms with Gasteiger partial charge in [-0.15, -0.1) is 6.58 Å². The summed E-state index contributed by atoms with van der Waals surface area (Å²) in [6.07, 6.45) is 7.05. The first-order valence-corrected chi connectivity index (χ1v) is 11.8. The van der Waals surface area contributed by atoms with Crippen LogP contribution in [0.25, 0.3) is 5.73 Å². The van der Waals surface area contributed by atoms with Crippen molar-refractivity contribution >= 4 is 5.82 Å². The van der Waals surface area contributed by atoms with Gasteiger partial charge in [0.1, 0.15) is 0 Å². The molecule has 4 rings (SSSR count). The van der Waals surface area contributed by atoms with E-state index in [0.717, 1.165) is 12.2 Å². The van der Waals surface area contributed by atoms with Crippen LogP contribution in [-0.2, 0) is 13.1 Å². The van der Waals surface area contributed by atoms with E-state index in [1.807, 2.05) is 19.9 Å². The standard InChI is InChI=1S/C14H20N2.C8H10FN.C5H7N4.2Na/c1-12(14-9-6-10-16(14)2)15-11-13-7-4-3-5-8-13;1-6(2)7-4-3-5-10-8(7)9;1-2-3-9-7-4-5(6)8-9;;/h3-5,7-8,14-15H,1,6,9-11H2,2H3;3-6H,1-2H3;2,4H,1,3H2,(H-,6,8);;/q;;-1;2*+1. The smallest absolute Gasteiger partial charge is 0.480 e. The van der Waals surface area contributed by atoms with E-state index in [4.69, 9.17) is 5.73 Å². The molecule has 1 aliphatic rings.